The molecule has 1 atom stereocenters. The highest BCUT2D eigenvalue weighted by Gasteiger charge is 2.29. The van der Waals surface area contributed by atoms with E-state index in [4.69, 9.17) is 0 Å². The topological polar surface area (TPSA) is 53.4 Å². The van der Waals surface area contributed by atoms with E-state index in [0.29, 0.717) is 6.42 Å². The minimum Gasteiger partial charge on any atom is -0.392 e. The van der Waals surface area contributed by atoms with Crippen molar-refractivity contribution in [1.82, 2.24) is 9.88 Å². The fraction of sp³-hybridized carbons (Fsp3) is 0.500. The number of piperidine rings is 1. The molecule has 4 nitrogen and oxygen atoms in total. The Morgan fingerprint density at radius 2 is 2.00 bits per heavy atom. The smallest absolute Gasteiger partial charge is 0.265 e. The highest BCUT2D eigenvalue weighted by molar-refractivity contribution is 7.13. The molecule has 134 valence electrons. The molecule has 3 rings (SSSR count). The average Bonchev–Trinajstić information content (AvgIpc) is 3.03. The number of hydrogen-bond acceptors (Lipinski definition) is 4. The molecule has 1 aromatic heterocycles. The van der Waals surface area contributed by atoms with E-state index < -0.39 is 0 Å². The van der Waals surface area contributed by atoms with Gasteiger partial charge in [-0.15, -0.1) is 11.3 Å². The molecule has 5 heteroatoms. The molecule has 2 aromatic rings. The first-order chi connectivity index (χ1) is 12.1. The third-order valence-electron chi connectivity index (χ3n) is 4.99. The summed E-state index contributed by atoms with van der Waals surface area (Å²) >= 11 is 1.50. The number of carbonyl (C=O) groups excluding carboxylic acids is 1. The van der Waals surface area contributed by atoms with Gasteiger partial charge in [0.05, 0.1) is 16.8 Å². The normalized spacial score (nSPS) is 16.8. The summed E-state index contributed by atoms with van der Waals surface area (Å²) < 4.78 is 0. The Hall–Kier alpha value is -1.72. The molecule has 0 aliphatic carbocycles. The number of thiazole rings is 1. The molecular weight excluding hydrogens is 332 g/mol. The highest BCUT2D eigenvalue weighted by atomic mass is 32.1. The van der Waals surface area contributed by atoms with Crippen LogP contribution in [0.15, 0.2) is 30.3 Å². The molecule has 1 N–H and O–H groups in total. The fourth-order valence-electron chi connectivity index (χ4n) is 3.53. The highest BCUT2D eigenvalue weighted by Crippen LogP contribution is 2.26. The van der Waals surface area contributed by atoms with Gasteiger partial charge < -0.3 is 10.0 Å². The molecule has 0 bridgehead atoms. The van der Waals surface area contributed by atoms with E-state index in [2.05, 4.69) is 17.1 Å². The zero-order chi connectivity index (χ0) is 17.8. The van der Waals surface area contributed by atoms with E-state index >= 15 is 0 Å². The van der Waals surface area contributed by atoms with E-state index in [0.717, 1.165) is 47.9 Å². The number of nitrogens with zero attached hydrogens (tertiary/aromatic N) is 2. The number of aryl methyl sites for hydroxylation is 2. The van der Waals surface area contributed by atoms with Crippen LogP contribution < -0.4 is 0 Å². The van der Waals surface area contributed by atoms with Gasteiger partial charge in [-0.1, -0.05) is 37.3 Å². The molecular formula is C20H26N2O2S. The van der Waals surface area contributed by atoms with Crippen LogP contribution in [0.4, 0.5) is 0 Å². The predicted octanol–water partition coefficient (Wildman–Crippen LogP) is 3.47. The Labute approximate surface area is 153 Å². The summed E-state index contributed by atoms with van der Waals surface area (Å²) in [5.74, 6) is 0.372. The average molecular weight is 359 g/mol. The molecule has 0 spiro atoms. The van der Waals surface area contributed by atoms with Crippen molar-refractivity contribution < 1.29 is 9.90 Å². The van der Waals surface area contributed by atoms with Gasteiger partial charge >= 0.3 is 0 Å². The van der Waals surface area contributed by atoms with Crippen LogP contribution in [0.25, 0.3) is 0 Å². The van der Waals surface area contributed by atoms with Crippen LogP contribution in [0.2, 0.25) is 0 Å². The lowest BCUT2D eigenvalue weighted by molar-refractivity contribution is 0.0469. The summed E-state index contributed by atoms with van der Waals surface area (Å²) in [7, 11) is 0. The molecule has 2 heterocycles. The minimum absolute atomic E-state index is 0.110. The maximum atomic E-state index is 12.8. The van der Waals surface area contributed by atoms with Crippen molar-refractivity contribution in [2.45, 2.75) is 45.6 Å². The first kappa shape index (κ1) is 18.1. The first-order valence-electron chi connectivity index (χ1n) is 9.06. The fourth-order valence-corrected chi connectivity index (χ4v) is 4.51. The minimum atomic E-state index is -0.337. The summed E-state index contributed by atoms with van der Waals surface area (Å²) in [6, 6.07) is 10.1. The lowest BCUT2D eigenvalue weighted by Crippen LogP contribution is -2.41. The molecule has 1 aromatic carbocycles. The Balaban J connectivity index is 1.57. The lowest BCUT2D eigenvalue weighted by atomic mass is 9.88. The summed E-state index contributed by atoms with van der Waals surface area (Å²) in [4.78, 5) is 20.0. The molecule has 25 heavy (non-hydrogen) atoms. The number of aliphatic hydroxyl groups is 1. The van der Waals surface area contributed by atoms with Crippen LogP contribution in [-0.2, 0) is 12.8 Å². The summed E-state index contributed by atoms with van der Waals surface area (Å²) in [6.07, 6.45) is 2.86. The Morgan fingerprint density at radius 3 is 2.64 bits per heavy atom. The third-order valence-corrected chi connectivity index (χ3v) is 5.99. The molecule has 0 radical (unpaired) electrons. The summed E-state index contributed by atoms with van der Waals surface area (Å²) in [6.45, 7) is 5.43. The number of hydrogen-bond donors (Lipinski definition) is 1. The van der Waals surface area contributed by atoms with Crippen LogP contribution >= 0.6 is 11.3 Å². The number of aliphatic hydroxyl groups excluding tert-OH is 1. The van der Waals surface area contributed by atoms with Gasteiger partial charge in [-0.3, -0.25) is 4.79 Å². The molecule has 1 saturated heterocycles. The van der Waals surface area contributed by atoms with Crippen molar-refractivity contribution in [2.24, 2.45) is 5.92 Å². The molecule has 0 unspecified atom stereocenters. The van der Waals surface area contributed by atoms with E-state index in [9.17, 15) is 9.90 Å². The van der Waals surface area contributed by atoms with Crippen LogP contribution in [0.5, 0.6) is 0 Å². The number of benzene rings is 1. The standard InChI is InChI=1S/C20H26N2O2S/c1-3-17-19(25-14(2)21-17)20(24)22-11-9-16(10-12-22)18(23)13-15-7-5-4-6-8-15/h4-8,16,18,23H,3,9-13H2,1-2H3/t18-/m0/s1. The van der Waals surface area contributed by atoms with Gasteiger partial charge in [0.15, 0.2) is 0 Å². The zero-order valence-electron chi connectivity index (χ0n) is 14.9. The number of rotatable bonds is 5. The van der Waals surface area contributed by atoms with Gasteiger partial charge in [0.2, 0.25) is 0 Å². The van der Waals surface area contributed by atoms with Gasteiger partial charge in [-0.05, 0) is 44.1 Å². The monoisotopic (exact) mass is 358 g/mol. The van der Waals surface area contributed by atoms with E-state index in [-0.39, 0.29) is 17.9 Å². The predicted molar refractivity (Wildman–Crippen MR) is 101 cm³/mol. The molecule has 1 aliphatic rings. The van der Waals surface area contributed by atoms with Gasteiger partial charge in [0.25, 0.3) is 5.91 Å². The summed E-state index contributed by atoms with van der Waals surface area (Å²) in [5.41, 5.74) is 2.08. The van der Waals surface area contributed by atoms with E-state index in [1.807, 2.05) is 36.9 Å². The van der Waals surface area contributed by atoms with Gasteiger partial charge in [-0.2, -0.15) is 0 Å². The van der Waals surface area contributed by atoms with E-state index in [1.54, 1.807) is 0 Å². The SMILES string of the molecule is CCc1nc(C)sc1C(=O)N1CCC([C@@H](O)Cc2ccccc2)CC1. The molecule has 1 fully saturated rings. The number of likely N-dealkylation sites (tertiary alicyclic amines) is 1. The van der Waals surface area contributed by atoms with E-state index in [1.165, 1.54) is 16.9 Å². The lowest BCUT2D eigenvalue weighted by Gasteiger charge is -2.34. The Bertz CT molecular complexity index is 706. The summed E-state index contributed by atoms with van der Waals surface area (Å²) in [5, 5.41) is 11.5. The largest absolute Gasteiger partial charge is 0.392 e. The van der Waals surface area contributed by atoms with Gasteiger partial charge in [0, 0.05) is 13.1 Å². The second-order valence-corrected chi connectivity index (χ2v) is 7.95. The Kier molecular flexibility index (Phi) is 5.86. The third kappa shape index (κ3) is 4.28. The van der Waals surface area contributed by atoms with Crippen LogP contribution in [-0.4, -0.2) is 40.1 Å². The van der Waals surface area contributed by atoms with Crippen molar-refractivity contribution in [3.05, 3.63) is 51.5 Å². The van der Waals surface area contributed by atoms with Crippen LogP contribution in [0, 0.1) is 12.8 Å². The molecule has 1 aliphatic heterocycles. The van der Waals surface area contributed by atoms with Gasteiger partial charge in [0.1, 0.15) is 4.88 Å². The molecule has 0 saturated carbocycles. The maximum Gasteiger partial charge on any atom is 0.265 e. The second-order valence-electron chi connectivity index (χ2n) is 6.75. The second kappa shape index (κ2) is 8.11. The van der Waals surface area contributed by atoms with Crippen molar-refractivity contribution in [1.29, 1.82) is 0 Å². The zero-order valence-corrected chi connectivity index (χ0v) is 15.8. The first-order valence-corrected chi connectivity index (χ1v) is 9.87. The van der Waals surface area contributed by atoms with Crippen LogP contribution in [0.3, 0.4) is 0 Å². The van der Waals surface area contributed by atoms with Crippen molar-refractivity contribution in [3.8, 4) is 0 Å². The number of aromatic nitrogens is 1. The van der Waals surface area contributed by atoms with Gasteiger partial charge in [-0.25, -0.2) is 4.98 Å². The van der Waals surface area contributed by atoms with Crippen molar-refractivity contribution >= 4 is 17.2 Å². The maximum absolute atomic E-state index is 12.8. The Morgan fingerprint density at radius 1 is 1.32 bits per heavy atom. The van der Waals surface area contributed by atoms with Crippen molar-refractivity contribution in [3.63, 3.8) is 0 Å². The quantitative estimate of drug-likeness (QED) is 0.890. The van der Waals surface area contributed by atoms with Crippen molar-refractivity contribution in [2.75, 3.05) is 13.1 Å². The van der Waals surface area contributed by atoms with Crippen LogP contribution in [0.1, 0.15) is 45.7 Å². The molecule has 1 amide bonds. The number of amides is 1. The number of carbonyl (C=O) groups is 1.